The van der Waals surface area contributed by atoms with Gasteiger partial charge in [0.15, 0.2) is 5.82 Å². The molecular formula is C17H25N5O3. The van der Waals surface area contributed by atoms with E-state index in [9.17, 15) is 4.79 Å². The second-order valence-electron chi connectivity index (χ2n) is 6.40. The molecule has 136 valence electrons. The summed E-state index contributed by atoms with van der Waals surface area (Å²) in [5, 5.41) is 11.2. The average Bonchev–Trinajstić information content (AvgIpc) is 3.29. The molecule has 8 nitrogen and oxygen atoms in total. The van der Waals surface area contributed by atoms with E-state index in [0.29, 0.717) is 31.1 Å². The zero-order valence-electron chi connectivity index (χ0n) is 14.8. The van der Waals surface area contributed by atoms with Crippen molar-refractivity contribution in [2.45, 2.75) is 58.6 Å². The summed E-state index contributed by atoms with van der Waals surface area (Å²) in [6, 6.07) is 2.04. The van der Waals surface area contributed by atoms with Crippen LogP contribution in [-0.2, 0) is 22.5 Å². The Balaban J connectivity index is 1.33. The zero-order chi connectivity index (χ0) is 17.6. The Bertz CT molecular complexity index is 703. The number of aromatic nitrogens is 4. The third-order valence-electron chi connectivity index (χ3n) is 4.24. The van der Waals surface area contributed by atoms with Gasteiger partial charge < -0.3 is 14.6 Å². The number of nitrogens with one attached hydrogen (secondary N) is 1. The fraction of sp³-hybridized carbons (Fsp3) is 0.647. The number of carbonyl (C=O) groups excluding carboxylic acids is 1. The Morgan fingerprint density at radius 1 is 1.44 bits per heavy atom. The topological polar surface area (TPSA) is 95.1 Å². The standard InChI is InChI=1S/C17H25N5O3/c1-12-11-13(2)22(20-12)9-3-6-16(23)18-8-7-15-19-17(25-21-15)14-5-4-10-24-14/h11,14H,3-10H2,1-2H3,(H,18,23)/t14-/m0/s1. The van der Waals surface area contributed by atoms with Crippen molar-refractivity contribution in [2.75, 3.05) is 13.2 Å². The first-order valence-electron chi connectivity index (χ1n) is 8.83. The number of nitrogens with zero attached hydrogens (tertiary/aromatic N) is 4. The van der Waals surface area contributed by atoms with Crippen LogP contribution in [0.1, 0.15) is 54.9 Å². The van der Waals surface area contributed by atoms with Gasteiger partial charge in [0.25, 0.3) is 5.89 Å². The van der Waals surface area contributed by atoms with Crippen molar-refractivity contribution in [1.29, 1.82) is 0 Å². The minimum absolute atomic E-state index is 0.0318. The molecule has 0 aromatic carbocycles. The van der Waals surface area contributed by atoms with Crippen LogP contribution in [0.25, 0.3) is 0 Å². The molecule has 1 fully saturated rings. The van der Waals surface area contributed by atoms with Gasteiger partial charge in [0.2, 0.25) is 5.91 Å². The van der Waals surface area contributed by atoms with Crippen LogP contribution in [-0.4, -0.2) is 39.0 Å². The first kappa shape index (κ1) is 17.6. The van der Waals surface area contributed by atoms with Gasteiger partial charge in [-0.25, -0.2) is 0 Å². The van der Waals surface area contributed by atoms with E-state index < -0.39 is 0 Å². The first-order valence-corrected chi connectivity index (χ1v) is 8.83. The highest BCUT2D eigenvalue weighted by atomic mass is 16.5. The quantitative estimate of drug-likeness (QED) is 0.783. The fourth-order valence-corrected chi connectivity index (χ4v) is 2.97. The van der Waals surface area contributed by atoms with Crippen LogP contribution in [0.4, 0.5) is 0 Å². The Morgan fingerprint density at radius 2 is 2.32 bits per heavy atom. The van der Waals surface area contributed by atoms with E-state index in [1.165, 1.54) is 0 Å². The van der Waals surface area contributed by atoms with Crippen molar-refractivity contribution in [3.05, 3.63) is 29.2 Å². The summed E-state index contributed by atoms with van der Waals surface area (Å²) in [7, 11) is 0. The zero-order valence-corrected chi connectivity index (χ0v) is 14.8. The van der Waals surface area contributed by atoms with Gasteiger partial charge >= 0.3 is 0 Å². The molecule has 1 amide bonds. The summed E-state index contributed by atoms with van der Waals surface area (Å²) in [5.41, 5.74) is 2.13. The number of amides is 1. The molecule has 8 heteroatoms. The molecule has 0 radical (unpaired) electrons. The average molecular weight is 347 g/mol. The molecule has 1 saturated heterocycles. The number of carbonyl (C=O) groups is 1. The number of rotatable bonds is 8. The third-order valence-corrected chi connectivity index (χ3v) is 4.24. The lowest BCUT2D eigenvalue weighted by Gasteiger charge is -2.05. The molecular weight excluding hydrogens is 322 g/mol. The summed E-state index contributed by atoms with van der Waals surface area (Å²) in [6.45, 7) is 6.00. The fourth-order valence-electron chi connectivity index (χ4n) is 2.97. The summed E-state index contributed by atoms with van der Waals surface area (Å²) in [5.74, 6) is 1.18. The lowest BCUT2D eigenvalue weighted by Crippen LogP contribution is -2.26. The van der Waals surface area contributed by atoms with Crippen LogP contribution in [0.3, 0.4) is 0 Å². The molecule has 0 unspecified atom stereocenters. The van der Waals surface area contributed by atoms with Crippen LogP contribution < -0.4 is 5.32 Å². The lowest BCUT2D eigenvalue weighted by molar-refractivity contribution is -0.121. The minimum Gasteiger partial charge on any atom is -0.368 e. The summed E-state index contributed by atoms with van der Waals surface area (Å²) < 4.78 is 12.7. The minimum atomic E-state index is -0.0646. The number of aryl methyl sites for hydroxylation is 3. The predicted molar refractivity (Wildman–Crippen MR) is 89.9 cm³/mol. The molecule has 1 N–H and O–H groups in total. The maximum Gasteiger partial charge on any atom is 0.255 e. The number of hydrogen-bond donors (Lipinski definition) is 1. The van der Waals surface area contributed by atoms with Crippen molar-refractivity contribution in [1.82, 2.24) is 25.2 Å². The van der Waals surface area contributed by atoms with E-state index in [1.807, 2.05) is 24.6 Å². The highest BCUT2D eigenvalue weighted by Gasteiger charge is 2.23. The Morgan fingerprint density at radius 3 is 3.04 bits per heavy atom. The van der Waals surface area contributed by atoms with Crippen molar-refractivity contribution in [3.8, 4) is 0 Å². The SMILES string of the molecule is Cc1cc(C)n(CCCC(=O)NCCc2noc([C@@H]3CCCO3)n2)n1. The van der Waals surface area contributed by atoms with Gasteiger partial charge in [0, 0.05) is 38.2 Å². The van der Waals surface area contributed by atoms with Crippen molar-refractivity contribution in [2.24, 2.45) is 0 Å². The number of hydrogen-bond acceptors (Lipinski definition) is 6. The van der Waals surface area contributed by atoms with Gasteiger partial charge in [-0.1, -0.05) is 5.16 Å². The van der Waals surface area contributed by atoms with Gasteiger partial charge in [-0.05, 0) is 39.2 Å². The highest BCUT2D eigenvalue weighted by Crippen LogP contribution is 2.26. The molecule has 0 bridgehead atoms. The molecule has 0 spiro atoms. The van der Waals surface area contributed by atoms with Crippen LogP contribution in [0.5, 0.6) is 0 Å². The summed E-state index contributed by atoms with van der Waals surface area (Å²) >= 11 is 0. The Hall–Kier alpha value is -2.22. The maximum absolute atomic E-state index is 11.9. The molecule has 2 aromatic heterocycles. The largest absolute Gasteiger partial charge is 0.368 e. The van der Waals surface area contributed by atoms with Crippen LogP contribution in [0, 0.1) is 13.8 Å². The third kappa shape index (κ3) is 4.88. The molecule has 0 aliphatic carbocycles. The van der Waals surface area contributed by atoms with Crippen molar-refractivity contribution in [3.63, 3.8) is 0 Å². The predicted octanol–water partition coefficient (Wildman–Crippen LogP) is 1.87. The molecule has 0 saturated carbocycles. The molecule has 3 heterocycles. The second-order valence-corrected chi connectivity index (χ2v) is 6.40. The van der Waals surface area contributed by atoms with Crippen LogP contribution >= 0.6 is 0 Å². The van der Waals surface area contributed by atoms with E-state index in [2.05, 4.69) is 20.6 Å². The van der Waals surface area contributed by atoms with E-state index >= 15 is 0 Å². The highest BCUT2D eigenvalue weighted by molar-refractivity contribution is 5.75. The lowest BCUT2D eigenvalue weighted by atomic mass is 10.2. The van der Waals surface area contributed by atoms with Gasteiger partial charge in [-0.2, -0.15) is 10.1 Å². The maximum atomic E-state index is 11.9. The van der Waals surface area contributed by atoms with Gasteiger partial charge in [-0.3, -0.25) is 9.48 Å². The smallest absolute Gasteiger partial charge is 0.255 e. The Labute approximate surface area is 146 Å². The molecule has 2 aromatic rings. The van der Waals surface area contributed by atoms with Crippen LogP contribution in [0.2, 0.25) is 0 Å². The van der Waals surface area contributed by atoms with Gasteiger partial charge in [0.05, 0.1) is 5.69 Å². The van der Waals surface area contributed by atoms with E-state index in [-0.39, 0.29) is 12.0 Å². The van der Waals surface area contributed by atoms with E-state index in [0.717, 1.165) is 43.8 Å². The first-order chi connectivity index (χ1) is 12.1. The monoisotopic (exact) mass is 347 g/mol. The van der Waals surface area contributed by atoms with E-state index in [1.54, 1.807) is 0 Å². The summed E-state index contributed by atoms with van der Waals surface area (Å²) in [4.78, 5) is 16.2. The molecule has 1 aliphatic rings. The van der Waals surface area contributed by atoms with Gasteiger partial charge in [-0.15, -0.1) is 0 Å². The Kier molecular flexibility index (Phi) is 5.80. The second kappa shape index (κ2) is 8.24. The van der Waals surface area contributed by atoms with E-state index in [4.69, 9.17) is 9.26 Å². The molecule has 3 rings (SSSR count). The number of ether oxygens (including phenoxy) is 1. The normalized spacial score (nSPS) is 17.1. The van der Waals surface area contributed by atoms with Crippen LogP contribution in [0.15, 0.2) is 10.6 Å². The van der Waals surface area contributed by atoms with Crippen molar-refractivity contribution < 1.29 is 14.1 Å². The van der Waals surface area contributed by atoms with Gasteiger partial charge in [0.1, 0.15) is 6.10 Å². The molecule has 1 aliphatic heterocycles. The molecule has 25 heavy (non-hydrogen) atoms. The molecule has 1 atom stereocenters. The summed E-state index contributed by atoms with van der Waals surface area (Å²) in [6.07, 6.45) is 3.68. The van der Waals surface area contributed by atoms with Crippen molar-refractivity contribution >= 4 is 5.91 Å².